The minimum Gasteiger partial charge on any atom is -0.346 e. The summed E-state index contributed by atoms with van der Waals surface area (Å²) in [5, 5.41) is 10.2. The summed E-state index contributed by atoms with van der Waals surface area (Å²) in [7, 11) is 0. The van der Waals surface area contributed by atoms with Gasteiger partial charge in [-0.05, 0) is 48.9 Å². The smallest absolute Gasteiger partial charge is 0.346 e. The molecule has 1 saturated carbocycles. The number of ketones is 1. The molecule has 52 heavy (non-hydrogen) atoms. The van der Waals surface area contributed by atoms with Gasteiger partial charge in [0.15, 0.2) is 0 Å². The number of hydrogen-bond donors (Lipinski definition) is 4. The van der Waals surface area contributed by atoms with Crippen molar-refractivity contribution in [2.45, 2.75) is 116 Å². The van der Waals surface area contributed by atoms with Crippen LogP contribution in [0.5, 0.6) is 0 Å². The second kappa shape index (κ2) is 18.4. The minimum absolute atomic E-state index is 0.00454. The van der Waals surface area contributed by atoms with Crippen LogP contribution in [0, 0.1) is 23.2 Å². The first-order valence-electron chi connectivity index (χ1n) is 17.8. The minimum atomic E-state index is -4.67. The highest BCUT2D eigenvalue weighted by Crippen LogP contribution is 2.33. The van der Waals surface area contributed by atoms with Gasteiger partial charge in [0.1, 0.15) is 23.8 Å². The van der Waals surface area contributed by atoms with Gasteiger partial charge < -0.3 is 26.2 Å². The van der Waals surface area contributed by atoms with Crippen molar-refractivity contribution >= 4 is 35.3 Å². The Morgan fingerprint density at radius 2 is 1.65 bits per heavy atom. The second-order valence-electron chi connectivity index (χ2n) is 15.1. The molecule has 1 unspecified atom stereocenters. The molecule has 0 aromatic carbocycles. The van der Waals surface area contributed by atoms with E-state index in [4.69, 9.17) is 0 Å². The summed E-state index contributed by atoms with van der Waals surface area (Å²) >= 11 is 0. The lowest BCUT2D eigenvalue weighted by atomic mass is 9.82. The van der Waals surface area contributed by atoms with Crippen molar-refractivity contribution in [2.24, 2.45) is 23.2 Å². The summed E-state index contributed by atoms with van der Waals surface area (Å²) in [5.74, 6) is -5.52. The topological polar surface area (TPSA) is 180 Å². The predicted octanol–water partition coefficient (Wildman–Crippen LogP) is 3.26. The molecule has 5 atom stereocenters. The van der Waals surface area contributed by atoms with Gasteiger partial charge in [-0.15, -0.1) is 6.58 Å². The first-order valence-corrected chi connectivity index (χ1v) is 17.8. The fourth-order valence-electron chi connectivity index (χ4n) is 6.64. The SMILES string of the molecule is C=CCNC(=O)C(=O)C(CCC(F)(F)F)NC(=O)[C@@H]1C[C@@H](C(C)C)CN1C(=O)[C@@H](NC(=O)[C@@H](NC(=O)c1cnccn1)C1CCCCC1)C(C)(C)C. The predicted molar refractivity (Wildman–Crippen MR) is 185 cm³/mol. The van der Waals surface area contributed by atoms with E-state index in [2.05, 4.69) is 37.8 Å². The Morgan fingerprint density at radius 3 is 2.21 bits per heavy atom. The number of hydrogen-bond acceptors (Lipinski definition) is 8. The molecule has 5 amide bonds. The van der Waals surface area contributed by atoms with E-state index < -0.39 is 83.9 Å². The van der Waals surface area contributed by atoms with E-state index in [0.717, 1.165) is 19.3 Å². The summed E-state index contributed by atoms with van der Waals surface area (Å²) < 4.78 is 39.6. The number of carbonyl (C=O) groups is 6. The molecular weight excluding hydrogens is 683 g/mol. The number of nitrogens with zero attached hydrogens (tertiary/aromatic N) is 3. The lowest BCUT2D eigenvalue weighted by molar-refractivity contribution is -0.147. The number of aromatic nitrogens is 2. The van der Waals surface area contributed by atoms with Gasteiger partial charge in [-0.3, -0.25) is 33.8 Å². The van der Waals surface area contributed by atoms with Gasteiger partial charge in [0.05, 0.1) is 12.2 Å². The summed E-state index contributed by atoms with van der Waals surface area (Å²) in [5.41, 5.74) is -0.875. The third-order valence-corrected chi connectivity index (χ3v) is 9.73. The maximum absolute atomic E-state index is 14.5. The van der Waals surface area contributed by atoms with Crippen molar-refractivity contribution < 1.29 is 41.9 Å². The standard InChI is InChI=1S/C36H52F3N7O6/c1-7-15-42-33(51)28(47)24(13-14-36(37,38)39)43-31(49)26-18-23(21(2)3)20-46(26)34(52)29(35(4,5)6)45-32(50)27(22-11-9-8-10-12-22)44-30(48)25-19-40-16-17-41-25/h7,16-17,19,21-24,26-27,29H,1,8-15,18,20H2,2-6H3,(H,42,51)(H,43,49)(H,44,48)(H,45,50)/t23-,24?,26+,27+,29-/m1/s1. The van der Waals surface area contributed by atoms with Crippen LogP contribution in [0.1, 0.15) is 96.5 Å². The van der Waals surface area contributed by atoms with Crippen molar-refractivity contribution in [2.75, 3.05) is 13.1 Å². The van der Waals surface area contributed by atoms with E-state index in [1.807, 2.05) is 13.8 Å². The van der Waals surface area contributed by atoms with Crippen LogP contribution in [0.3, 0.4) is 0 Å². The van der Waals surface area contributed by atoms with Crippen molar-refractivity contribution in [3.63, 3.8) is 0 Å². The summed E-state index contributed by atoms with van der Waals surface area (Å²) in [6, 6.07) is -5.19. The van der Waals surface area contributed by atoms with Crippen LogP contribution in [0.25, 0.3) is 0 Å². The second-order valence-corrected chi connectivity index (χ2v) is 15.1. The Hall–Kier alpha value is -4.37. The zero-order chi connectivity index (χ0) is 38.8. The molecule has 1 aromatic heterocycles. The molecule has 1 aromatic rings. The highest BCUT2D eigenvalue weighted by Gasteiger charge is 2.47. The monoisotopic (exact) mass is 735 g/mol. The fraction of sp³-hybridized carbons (Fsp3) is 0.667. The summed E-state index contributed by atoms with van der Waals surface area (Å²) in [4.78, 5) is 90.2. The average molecular weight is 736 g/mol. The Labute approximate surface area is 302 Å². The summed E-state index contributed by atoms with van der Waals surface area (Å²) in [6.45, 7) is 12.4. The molecule has 288 valence electrons. The molecule has 2 aliphatic rings. The van der Waals surface area contributed by atoms with Crippen LogP contribution in [-0.4, -0.2) is 93.6 Å². The number of nitrogens with one attached hydrogen (secondary N) is 4. The number of alkyl halides is 3. The van der Waals surface area contributed by atoms with E-state index in [0.29, 0.717) is 12.8 Å². The van der Waals surface area contributed by atoms with Gasteiger partial charge in [0.2, 0.25) is 23.5 Å². The molecule has 3 rings (SSSR count). The van der Waals surface area contributed by atoms with E-state index in [1.54, 1.807) is 20.8 Å². The quantitative estimate of drug-likeness (QED) is 0.157. The summed E-state index contributed by atoms with van der Waals surface area (Å²) in [6.07, 6.45) is 2.57. The van der Waals surface area contributed by atoms with Crippen LogP contribution in [0.15, 0.2) is 31.2 Å². The van der Waals surface area contributed by atoms with Crippen molar-refractivity contribution in [3.05, 3.63) is 36.9 Å². The van der Waals surface area contributed by atoms with Gasteiger partial charge in [-0.1, -0.05) is 60.0 Å². The van der Waals surface area contributed by atoms with Crippen LogP contribution in [0.2, 0.25) is 0 Å². The maximum Gasteiger partial charge on any atom is 0.389 e. The maximum atomic E-state index is 14.5. The van der Waals surface area contributed by atoms with Gasteiger partial charge in [-0.25, -0.2) is 4.98 Å². The molecule has 2 heterocycles. The molecule has 0 bridgehead atoms. The molecule has 2 fully saturated rings. The van der Waals surface area contributed by atoms with Crippen molar-refractivity contribution in [3.8, 4) is 0 Å². The molecular formula is C36H52F3N7O6. The normalized spacial score (nSPS) is 20.0. The Bertz CT molecular complexity index is 1440. The lowest BCUT2D eigenvalue weighted by Gasteiger charge is -2.37. The molecule has 1 saturated heterocycles. The zero-order valence-electron chi connectivity index (χ0n) is 30.6. The van der Waals surface area contributed by atoms with Gasteiger partial charge in [0, 0.05) is 31.9 Å². The molecule has 4 N–H and O–H groups in total. The molecule has 0 spiro atoms. The van der Waals surface area contributed by atoms with E-state index in [-0.39, 0.29) is 43.0 Å². The van der Waals surface area contributed by atoms with Crippen LogP contribution in [-0.2, 0) is 24.0 Å². The first-order chi connectivity index (χ1) is 24.3. The van der Waals surface area contributed by atoms with E-state index >= 15 is 0 Å². The van der Waals surface area contributed by atoms with Gasteiger partial charge in [0.25, 0.3) is 11.8 Å². The Morgan fingerprint density at radius 1 is 0.981 bits per heavy atom. The molecule has 1 aliphatic heterocycles. The van der Waals surface area contributed by atoms with E-state index in [1.165, 1.54) is 29.6 Å². The number of amides is 5. The van der Waals surface area contributed by atoms with Gasteiger partial charge >= 0.3 is 6.18 Å². The largest absolute Gasteiger partial charge is 0.389 e. The number of rotatable bonds is 15. The van der Waals surface area contributed by atoms with E-state index in [9.17, 15) is 41.9 Å². The highest BCUT2D eigenvalue weighted by molar-refractivity contribution is 6.38. The molecule has 0 radical (unpaired) electrons. The number of likely N-dealkylation sites (tertiary alicyclic amines) is 1. The molecule has 16 heteroatoms. The number of carbonyl (C=O) groups excluding carboxylic acids is 6. The molecule has 1 aliphatic carbocycles. The first kappa shape index (κ1) is 42.0. The molecule has 13 nitrogen and oxygen atoms in total. The lowest BCUT2D eigenvalue weighted by Crippen LogP contribution is -2.62. The Kier molecular flexibility index (Phi) is 14.9. The van der Waals surface area contributed by atoms with Crippen LogP contribution in [0.4, 0.5) is 13.2 Å². The van der Waals surface area contributed by atoms with Crippen LogP contribution >= 0.6 is 0 Å². The number of halogens is 3. The zero-order valence-corrected chi connectivity index (χ0v) is 30.6. The number of Topliss-reactive ketones (excluding diaryl/α,β-unsaturated/α-hetero) is 1. The third-order valence-electron chi connectivity index (χ3n) is 9.73. The third kappa shape index (κ3) is 11.8. The fourth-order valence-corrected chi connectivity index (χ4v) is 6.64. The van der Waals surface area contributed by atoms with Crippen LogP contribution < -0.4 is 21.3 Å². The Balaban J connectivity index is 1.90. The van der Waals surface area contributed by atoms with Gasteiger partial charge in [-0.2, -0.15) is 13.2 Å². The average Bonchev–Trinajstić information content (AvgIpc) is 3.56. The van der Waals surface area contributed by atoms with Crippen molar-refractivity contribution in [1.82, 2.24) is 36.1 Å². The van der Waals surface area contributed by atoms with Crippen molar-refractivity contribution in [1.29, 1.82) is 0 Å². The highest BCUT2D eigenvalue weighted by atomic mass is 19.4.